The lowest BCUT2D eigenvalue weighted by atomic mass is 10.1. The molecule has 0 unspecified atom stereocenters. The molecule has 0 saturated heterocycles. The molecule has 1 heteroatoms. The van der Waals surface area contributed by atoms with Crippen molar-refractivity contribution < 1.29 is 4.74 Å². The standard InChI is InChI=1S/C14H24O/c1-3-7-13(4-2)12-15-11-10-14-8-5-6-9-14/h3-4,7,14H,5-6,8-12H2,1-2H3/b7-3-,13-4+. The molecule has 1 rings (SSSR count). The summed E-state index contributed by atoms with van der Waals surface area (Å²) in [6.07, 6.45) is 13.3. The first-order valence-electron chi connectivity index (χ1n) is 6.22. The van der Waals surface area contributed by atoms with Crippen LogP contribution in [0.25, 0.3) is 0 Å². The minimum atomic E-state index is 0.771. The van der Waals surface area contributed by atoms with Crippen molar-refractivity contribution in [2.24, 2.45) is 5.92 Å². The van der Waals surface area contributed by atoms with Gasteiger partial charge in [0.1, 0.15) is 0 Å². The van der Waals surface area contributed by atoms with Gasteiger partial charge in [-0.15, -0.1) is 0 Å². The van der Waals surface area contributed by atoms with E-state index in [1.165, 1.54) is 37.7 Å². The first-order valence-corrected chi connectivity index (χ1v) is 6.22. The Kier molecular flexibility index (Phi) is 6.42. The predicted octanol–water partition coefficient (Wildman–Crippen LogP) is 4.11. The van der Waals surface area contributed by atoms with E-state index in [0.717, 1.165) is 19.1 Å². The first-order chi connectivity index (χ1) is 7.36. The molecule has 0 atom stereocenters. The largest absolute Gasteiger partial charge is 0.377 e. The highest BCUT2D eigenvalue weighted by atomic mass is 16.5. The summed E-state index contributed by atoms with van der Waals surface area (Å²) in [5.41, 5.74) is 1.28. The van der Waals surface area contributed by atoms with E-state index < -0.39 is 0 Å². The van der Waals surface area contributed by atoms with Gasteiger partial charge in [0.05, 0.1) is 6.61 Å². The molecular formula is C14H24O. The highest BCUT2D eigenvalue weighted by Crippen LogP contribution is 2.27. The Morgan fingerprint density at radius 3 is 2.60 bits per heavy atom. The van der Waals surface area contributed by atoms with E-state index in [1.54, 1.807) is 0 Å². The summed E-state index contributed by atoms with van der Waals surface area (Å²) in [5.74, 6) is 0.945. The van der Waals surface area contributed by atoms with E-state index in [1.807, 2.05) is 6.92 Å². The monoisotopic (exact) mass is 208 g/mol. The maximum absolute atomic E-state index is 5.68. The van der Waals surface area contributed by atoms with Crippen LogP contribution in [0.1, 0.15) is 46.0 Å². The molecule has 0 N–H and O–H groups in total. The maximum Gasteiger partial charge on any atom is 0.0713 e. The number of hydrogen-bond acceptors (Lipinski definition) is 1. The van der Waals surface area contributed by atoms with Crippen LogP contribution in [-0.4, -0.2) is 13.2 Å². The Hall–Kier alpha value is -0.560. The number of rotatable bonds is 6. The molecule has 0 aromatic rings. The first kappa shape index (κ1) is 12.5. The molecule has 0 amide bonds. The van der Waals surface area contributed by atoms with Crippen LogP contribution in [0.3, 0.4) is 0 Å². The van der Waals surface area contributed by atoms with Gasteiger partial charge in [-0.05, 0) is 31.8 Å². The average Bonchev–Trinajstić information content (AvgIpc) is 2.75. The molecule has 0 spiro atoms. The van der Waals surface area contributed by atoms with Gasteiger partial charge in [-0.3, -0.25) is 0 Å². The van der Waals surface area contributed by atoms with Crippen LogP contribution in [0, 0.1) is 5.92 Å². The molecule has 15 heavy (non-hydrogen) atoms. The van der Waals surface area contributed by atoms with Gasteiger partial charge in [-0.25, -0.2) is 0 Å². The number of hydrogen-bond donors (Lipinski definition) is 0. The molecule has 86 valence electrons. The van der Waals surface area contributed by atoms with E-state index in [9.17, 15) is 0 Å². The molecule has 1 fully saturated rings. The summed E-state index contributed by atoms with van der Waals surface area (Å²) < 4.78 is 5.68. The Balaban J connectivity index is 2.04. The summed E-state index contributed by atoms with van der Waals surface area (Å²) in [7, 11) is 0. The van der Waals surface area contributed by atoms with Crippen LogP contribution in [0.4, 0.5) is 0 Å². The van der Waals surface area contributed by atoms with Crippen molar-refractivity contribution in [3.8, 4) is 0 Å². The van der Waals surface area contributed by atoms with E-state index in [-0.39, 0.29) is 0 Å². The fourth-order valence-corrected chi connectivity index (χ4v) is 2.18. The third-order valence-corrected chi connectivity index (χ3v) is 3.17. The number of ether oxygens (including phenoxy) is 1. The van der Waals surface area contributed by atoms with Crippen molar-refractivity contribution >= 4 is 0 Å². The molecule has 1 saturated carbocycles. The van der Waals surface area contributed by atoms with Crippen LogP contribution >= 0.6 is 0 Å². The lowest BCUT2D eigenvalue weighted by Gasteiger charge is -2.09. The maximum atomic E-state index is 5.68. The Morgan fingerprint density at radius 1 is 1.27 bits per heavy atom. The second-order valence-electron chi connectivity index (χ2n) is 4.36. The van der Waals surface area contributed by atoms with Gasteiger partial charge in [0.15, 0.2) is 0 Å². The third kappa shape index (κ3) is 5.17. The fourth-order valence-electron chi connectivity index (χ4n) is 2.18. The molecule has 0 aromatic carbocycles. The summed E-state index contributed by atoms with van der Waals surface area (Å²) >= 11 is 0. The molecule has 1 nitrogen and oxygen atoms in total. The average molecular weight is 208 g/mol. The van der Waals surface area contributed by atoms with Crippen molar-refractivity contribution in [3.05, 3.63) is 23.8 Å². The molecule has 0 heterocycles. The Morgan fingerprint density at radius 2 is 2.00 bits per heavy atom. The highest BCUT2D eigenvalue weighted by molar-refractivity contribution is 5.17. The van der Waals surface area contributed by atoms with Crippen molar-refractivity contribution in [1.29, 1.82) is 0 Å². The van der Waals surface area contributed by atoms with E-state index in [0.29, 0.717) is 0 Å². The summed E-state index contributed by atoms with van der Waals surface area (Å²) in [6, 6.07) is 0. The van der Waals surface area contributed by atoms with Crippen molar-refractivity contribution in [1.82, 2.24) is 0 Å². The molecule has 0 bridgehead atoms. The zero-order chi connectivity index (χ0) is 10.9. The minimum absolute atomic E-state index is 0.771. The third-order valence-electron chi connectivity index (χ3n) is 3.17. The Bertz CT molecular complexity index is 209. The topological polar surface area (TPSA) is 9.23 Å². The fraction of sp³-hybridized carbons (Fsp3) is 0.714. The predicted molar refractivity (Wildman–Crippen MR) is 66.0 cm³/mol. The lowest BCUT2D eigenvalue weighted by molar-refractivity contribution is 0.142. The second-order valence-corrected chi connectivity index (χ2v) is 4.36. The van der Waals surface area contributed by atoms with Gasteiger partial charge in [0.2, 0.25) is 0 Å². The van der Waals surface area contributed by atoms with E-state index in [4.69, 9.17) is 4.74 Å². The van der Waals surface area contributed by atoms with Gasteiger partial charge < -0.3 is 4.74 Å². The summed E-state index contributed by atoms with van der Waals surface area (Å²) in [6.45, 7) is 5.81. The van der Waals surface area contributed by atoms with Crippen LogP contribution in [0.15, 0.2) is 23.8 Å². The van der Waals surface area contributed by atoms with Gasteiger partial charge in [0, 0.05) is 6.61 Å². The molecule has 0 aliphatic heterocycles. The van der Waals surface area contributed by atoms with Gasteiger partial charge in [-0.2, -0.15) is 0 Å². The van der Waals surface area contributed by atoms with Gasteiger partial charge in [0.25, 0.3) is 0 Å². The normalized spacial score (nSPS) is 19.2. The van der Waals surface area contributed by atoms with E-state index >= 15 is 0 Å². The van der Waals surface area contributed by atoms with Crippen molar-refractivity contribution in [3.63, 3.8) is 0 Å². The van der Waals surface area contributed by atoms with E-state index in [2.05, 4.69) is 25.2 Å². The lowest BCUT2D eigenvalue weighted by Crippen LogP contribution is -2.03. The quantitative estimate of drug-likeness (QED) is 0.471. The molecule has 1 aliphatic rings. The molecular weight excluding hydrogens is 184 g/mol. The minimum Gasteiger partial charge on any atom is -0.377 e. The zero-order valence-electron chi connectivity index (χ0n) is 10.2. The SMILES string of the molecule is C/C=C\C(=C/C)COCCC1CCCC1. The van der Waals surface area contributed by atoms with Gasteiger partial charge in [-0.1, -0.05) is 43.9 Å². The van der Waals surface area contributed by atoms with Crippen molar-refractivity contribution in [2.45, 2.75) is 46.0 Å². The zero-order valence-corrected chi connectivity index (χ0v) is 10.2. The van der Waals surface area contributed by atoms with Crippen LogP contribution < -0.4 is 0 Å². The molecule has 0 aromatic heterocycles. The smallest absolute Gasteiger partial charge is 0.0713 e. The second kappa shape index (κ2) is 7.70. The van der Waals surface area contributed by atoms with Crippen LogP contribution in [0.2, 0.25) is 0 Å². The Labute approximate surface area is 94.2 Å². The summed E-state index contributed by atoms with van der Waals surface area (Å²) in [4.78, 5) is 0. The van der Waals surface area contributed by atoms with Crippen LogP contribution in [-0.2, 0) is 4.74 Å². The number of allylic oxidation sites excluding steroid dienone is 2. The highest BCUT2D eigenvalue weighted by Gasteiger charge is 2.14. The molecule has 1 aliphatic carbocycles. The van der Waals surface area contributed by atoms with Gasteiger partial charge >= 0.3 is 0 Å². The summed E-state index contributed by atoms with van der Waals surface area (Å²) in [5, 5.41) is 0. The molecule has 0 radical (unpaired) electrons. The van der Waals surface area contributed by atoms with Crippen LogP contribution in [0.5, 0.6) is 0 Å². The van der Waals surface area contributed by atoms with Crippen molar-refractivity contribution in [2.75, 3.05) is 13.2 Å².